The minimum Gasteiger partial charge on any atom is -0.285 e. The van der Waals surface area contributed by atoms with E-state index in [-0.39, 0.29) is 22.2 Å². The molecule has 2 heteroatoms. The van der Waals surface area contributed by atoms with Crippen LogP contribution in [-0.2, 0) is 0 Å². The molecular weight excluding hydrogens is 316 g/mol. The third kappa shape index (κ3) is 2.31. The first kappa shape index (κ1) is 17.5. The van der Waals surface area contributed by atoms with E-state index in [9.17, 15) is 0 Å². The molecule has 0 saturated heterocycles. The van der Waals surface area contributed by atoms with Gasteiger partial charge in [-0.05, 0) is 22.0 Å². The summed E-state index contributed by atoms with van der Waals surface area (Å²) < 4.78 is 0. The normalized spacial score (nSPS) is 28.0. The Morgan fingerprint density at radius 1 is 0.923 bits per heavy atom. The summed E-state index contributed by atoms with van der Waals surface area (Å²) >= 11 is 0. The summed E-state index contributed by atoms with van der Waals surface area (Å²) in [6.45, 7) is 15.7. The topological polar surface area (TPSA) is 24.7 Å². The fraction of sp³-hybridized carbons (Fsp3) is 0.500. The fourth-order valence-corrected chi connectivity index (χ4v) is 4.87. The number of nitrogens with zero attached hydrogens (tertiary/aromatic N) is 2. The average Bonchev–Trinajstić information content (AvgIpc) is 2.60. The van der Waals surface area contributed by atoms with Crippen LogP contribution in [0.4, 0.5) is 0 Å². The van der Waals surface area contributed by atoms with Crippen LogP contribution >= 0.6 is 0 Å². The third-order valence-electron chi connectivity index (χ3n) is 6.16. The van der Waals surface area contributed by atoms with Gasteiger partial charge in [0.05, 0.1) is 29.9 Å². The number of hydrogen-bond acceptors (Lipinski definition) is 2. The zero-order valence-electron chi connectivity index (χ0n) is 16.9. The molecule has 2 atom stereocenters. The minimum absolute atomic E-state index is 0.00745. The first-order chi connectivity index (χ1) is 12.2. The molecule has 136 valence electrons. The first-order valence-corrected chi connectivity index (χ1v) is 9.77. The van der Waals surface area contributed by atoms with Gasteiger partial charge in [-0.2, -0.15) is 0 Å². The highest BCUT2D eigenvalue weighted by atomic mass is 14.9. The van der Waals surface area contributed by atoms with E-state index in [4.69, 9.17) is 9.98 Å². The van der Waals surface area contributed by atoms with Gasteiger partial charge >= 0.3 is 0 Å². The van der Waals surface area contributed by atoms with E-state index < -0.39 is 0 Å². The van der Waals surface area contributed by atoms with Gasteiger partial charge in [0.25, 0.3) is 0 Å². The van der Waals surface area contributed by atoms with Crippen molar-refractivity contribution >= 4 is 17.0 Å². The van der Waals surface area contributed by atoms with Crippen molar-refractivity contribution in [2.24, 2.45) is 32.1 Å². The molecule has 0 spiro atoms. The Bertz CT molecular complexity index is 854. The average molecular weight is 347 g/mol. The Balaban J connectivity index is 2.06. The highest BCUT2D eigenvalue weighted by Gasteiger charge is 2.57. The molecule has 1 aliphatic heterocycles. The second kappa shape index (κ2) is 5.52. The molecule has 2 bridgehead atoms. The molecule has 5 rings (SSSR count). The number of allylic oxidation sites excluding steroid dienone is 4. The van der Waals surface area contributed by atoms with Gasteiger partial charge in [0, 0.05) is 5.92 Å². The Morgan fingerprint density at radius 2 is 1.58 bits per heavy atom. The van der Waals surface area contributed by atoms with Gasteiger partial charge in [0.2, 0.25) is 0 Å². The summed E-state index contributed by atoms with van der Waals surface area (Å²) in [5, 5.41) is 0. The molecule has 4 aliphatic rings. The zero-order valence-corrected chi connectivity index (χ0v) is 16.9. The molecule has 1 aromatic rings. The van der Waals surface area contributed by atoms with Crippen molar-refractivity contribution in [2.45, 2.75) is 41.5 Å². The Morgan fingerprint density at radius 3 is 2.19 bits per heavy atom. The van der Waals surface area contributed by atoms with Crippen LogP contribution in [0.3, 0.4) is 0 Å². The van der Waals surface area contributed by atoms with Gasteiger partial charge in [0.15, 0.2) is 0 Å². The third-order valence-corrected chi connectivity index (χ3v) is 6.16. The lowest BCUT2D eigenvalue weighted by atomic mass is 9.48. The highest BCUT2D eigenvalue weighted by molar-refractivity contribution is 6.51. The van der Waals surface area contributed by atoms with Crippen LogP contribution < -0.4 is 0 Å². The number of rotatable bonds is 1. The van der Waals surface area contributed by atoms with Crippen molar-refractivity contribution in [2.75, 3.05) is 13.1 Å². The molecule has 3 aliphatic carbocycles. The van der Waals surface area contributed by atoms with E-state index in [2.05, 4.69) is 84.0 Å². The molecule has 0 N–H and O–H groups in total. The molecule has 0 saturated carbocycles. The van der Waals surface area contributed by atoms with Crippen molar-refractivity contribution in [1.82, 2.24) is 0 Å². The monoisotopic (exact) mass is 346 g/mol. The van der Waals surface area contributed by atoms with E-state index in [0.29, 0.717) is 0 Å². The van der Waals surface area contributed by atoms with Crippen LogP contribution in [0, 0.1) is 22.2 Å². The van der Waals surface area contributed by atoms with Gasteiger partial charge in [-0.3, -0.25) is 9.98 Å². The predicted molar refractivity (Wildman–Crippen MR) is 112 cm³/mol. The molecule has 0 fully saturated rings. The molecule has 1 heterocycles. The van der Waals surface area contributed by atoms with Crippen molar-refractivity contribution in [3.8, 4) is 0 Å². The predicted octanol–water partition coefficient (Wildman–Crippen LogP) is 5.61. The molecule has 0 aromatic heterocycles. The van der Waals surface area contributed by atoms with Crippen LogP contribution in [0.5, 0.6) is 0 Å². The molecule has 26 heavy (non-hydrogen) atoms. The zero-order chi connectivity index (χ0) is 18.7. The SMILES string of the molecule is CC(C)(C)C1=C[C@]2(C(C)(C)C)C(c3ccccc3)=C[C@H]1C1=NCCN=C12. The molecular formula is C24H30N2. The summed E-state index contributed by atoms with van der Waals surface area (Å²) in [6.07, 6.45) is 5.05. The molecule has 0 amide bonds. The maximum Gasteiger partial charge on any atom is 0.0717 e. The quantitative estimate of drug-likeness (QED) is 0.590. The van der Waals surface area contributed by atoms with Gasteiger partial charge in [-0.15, -0.1) is 0 Å². The van der Waals surface area contributed by atoms with Crippen molar-refractivity contribution in [3.05, 3.63) is 53.6 Å². The Kier molecular flexibility index (Phi) is 3.70. The van der Waals surface area contributed by atoms with E-state index in [1.807, 2.05) is 0 Å². The minimum atomic E-state index is -0.217. The largest absolute Gasteiger partial charge is 0.285 e. The fourth-order valence-electron chi connectivity index (χ4n) is 4.87. The van der Waals surface area contributed by atoms with Gasteiger partial charge in [-0.1, -0.05) is 89.6 Å². The Hall–Kier alpha value is -1.96. The first-order valence-electron chi connectivity index (χ1n) is 9.77. The molecule has 1 aromatic carbocycles. The van der Waals surface area contributed by atoms with E-state index in [1.165, 1.54) is 28.1 Å². The summed E-state index contributed by atoms with van der Waals surface area (Å²) in [6, 6.07) is 10.9. The summed E-state index contributed by atoms with van der Waals surface area (Å²) in [4.78, 5) is 10.1. The van der Waals surface area contributed by atoms with Crippen LogP contribution in [0.15, 0.2) is 58.0 Å². The van der Waals surface area contributed by atoms with Crippen molar-refractivity contribution < 1.29 is 0 Å². The second-order valence-electron chi connectivity index (χ2n) is 9.83. The molecule has 0 radical (unpaired) electrons. The summed E-state index contributed by atoms with van der Waals surface area (Å²) in [5.41, 5.74) is 6.55. The van der Waals surface area contributed by atoms with Gasteiger partial charge < -0.3 is 0 Å². The van der Waals surface area contributed by atoms with Gasteiger partial charge in [0.1, 0.15) is 0 Å². The second-order valence-corrected chi connectivity index (χ2v) is 9.83. The van der Waals surface area contributed by atoms with E-state index in [1.54, 1.807) is 0 Å². The maximum absolute atomic E-state index is 5.07. The van der Waals surface area contributed by atoms with Crippen LogP contribution in [0.2, 0.25) is 0 Å². The van der Waals surface area contributed by atoms with E-state index in [0.717, 1.165) is 13.1 Å². The van der Waals surface area contributed by atoms with Crippen LogP contribution in [0.25, 0.3) is 5.57 Å². The van der Waals surface area contributed by atoms with Crippen LogP contribution in [0.1, 0.15) is 47.1 Å². The summed E-state index contributed by atoms with van der Waals surface area (Å²) in [5.74, 6) is 0.258. The van der Waals surface area contributed by atoms with Crippen molar-refractivity contribution in [3.63, 3.8) is 0 Å². The van der Waals surface area contributed by atoms with Crippen molar-refractivity contribution in [1.29, 1.82) is 0 Å². The molecule has 2 nitrogen and oxygen atoms in total. The smallest absolute Gasteiger partial charge is 0.0717 e. The van der Waals surface area contributed by atoms with Crippen LogP contribution in [-0.4, -0.2) is 24.5 Å². The number of aliphatic imine (C=N–C) groups is 2. The lowest BCUT2D eigenvalue weighted by molar-refractivity contribution is 0.280. The number of hydrogen-bond donors (Lipinski definition) is 0. The highest BCUT2D eigenvalue weighted by Crippen LogP contribution is 2.60. The number of benzene rings is 1. The summed E-state index contributed by atoms with van der Waals surface area (Å²) in [7, 11) is 0. The lowest BCUT2D eigenvalue weighted by Crippen LogP contribution is -2.56. The molecule has 0 unspecified atom stereocenters. The maximum atomic E-state index is 5.07. The van der Waals surface area contributed by atoms with E-state index >= 15 is 0 Å². The van der Waals surface area contributed by atoms with Gasteiger partial charge in [-0.25, -0.2) is 0 Å². The standard InChI is InChI=1S/C24H30N2/c1-22(2,3)19-15-24(23(4,5)6)18(16-10-8-7-9-11-16)14-17(19)20-21(24)26-13-12-25-20/h7-11,14-15,17H,12-13H2,1-6H3/t17-,24+/m1/s1. The Labute approximate surface area is 157 Å². The lowest BCUT2D eigenvalue weighted by Gasteiger charge is -2.55.